The van der Waals surface area contributed by atoms with Gasteiger partial charge in [-0.15, -0.1) is 0 Å². The molecule has 0 saturated heterocycles. The molecule has 1 N–H and O–H groups in total. The first-order chi connectivity index (χ1) is 13.7. The van der Waals surface area contributed by atoms with Gasteiger partial charge in [0, 0.05) is 35.8 Å². The van der Waals surface area contributed by atoms with Crippen LogP contribution >= 0.6 is 0 Å². The van der Waals surface area contributed by atoms with E-state index in [0.717, 1.165) is 27.3 Å². The highest BCUT2D eigenvalue weighted by molar-refractivity contribution is 6.11. The van der Waals surface area contributed by atoms with Crippen LogP contribution in [0.5, 0.6) is 0 Å². The van der Waals surface area contributed by atoms with Crippen LogP contribution in [-0.4, -0.2) is 20.7 Å². The zero-order chi connectivity index (χ0) is 19.1. The second kappa shape index (κ2) is 6.35. The molecule has 0 aliphatic rings. The molecule has 0 bridgehead atoms. The Labute approximate surface area is 160 Å². The van der Waals surface area contributed by atoms with E-state index in [2.05, 4.69) is 21.5 Å². The van der Waals surface area contributed by atoms with E-state index < -0.39 is 0 Å². The summed E-state index contributed by atoms with van der Waals surface area (Å²) in [5.41, 5.74) is 3.15. The highest BCUT2D eigenvalue weighted by Gasteiger charge is 2.13. The Balaban J connectivity index is 1.49. The molecular weight excluding hydrogens is 352 g/mol. The SMILES string of the molecule is Cn1cc(-c2ccc3cnc(NC(=O)c4cccc5ccoc45)cc3c2)cn1. The number of hydrogen-bond donors (Lipinski definition) is 1. The number of amides is 1. The average Bonchev–Trinajstić information content (AvgIpc) is 3.36. The molecule has 136 valence electrons. The number of para-hydroxylation sites is 1. The Bertz CT molecular complexity index is 1330. The maximum atomic E-state index is 12.7. The van der Waals surface area contributed by atoms with Gasteiger partial charge in [0.05, 0.1) is 18.0 Å². The van der Waals surface area contributed by atoms with Crippen molar-refractivity contribution in [2.45, 2.75) is 0 Å². The van der Waals surface area contributed by atoms with Gasteiger partial charge in [-0.25, -0.2) is 4.98 Å². The Morgan fingerprint density at radius 3 is 2.79 bits per heavy atom. The van der Waals surface area contributed by atoms with Gasteiger partial charge in [-0.05, 0) is 35.2 Å². The summed E-state index contributed by atoms with van der Waals surface area (Å²) in [6, 6.07) is 15.3. The molecule has 0 fully saturated rings. The first kappa shape index (κ1) is 16.3. The fraction of sp³-hybridized carbons (Fsp3) is 0.0455. The summed E-state index contributed by atoms with van der Waals surface area (Å²) in [5.74, 6) is 0.236. The van der Waals surface area contributed by atoms with Crippen LogP contribution in [0.4, 0.5) is 5.82 Å². The summed E-state index contributed by atoms with van der Waals surface area (Å²) in [6.07, 6.45) is 7.13. The van der Waals surface area contributed by atoms with Gasteiger partial charge in [-0.3, -0.25) is 9.48 Å². The largest absolute Gasteiger partial charge is 0.464 e. The normalized spacial score (nSPS) is 11.2. The van der Waals surface area contributed by atoms with E-state index in [9.17, 15) is 4.79 Å². The monoisotopic (exact) mass is 368 g/mol. The smallest absolute Gasteiger partial charge is 0.260 e. The summed E-state index contributed by atoms with van der Waals surface area (Å²) in [7, 11) is 1.89. The third-order valence-electron chi connectivity index (χ3n) is 4.73. The van der Waals surface area contributed by atoms with Crippen molar-refractivity contribution in [2.24, 2.45) is 7.05 Å². The first-order valence-electron chi connectivity index (χ1n) is 8.84. The zero-order valence-corrected chi connectivity index (χ0v) is 15.1. The van der Waals surface area contributed by atoms with Crippen molar-refractivity contribution in [1.82, 2.24) is 14.8 Å². The van der Waals surface area contributed by atoms with E-state index in [0.29, 0.717) is 17.0 Å². The summed E-state index contributed by atoms with van der Waals surface area (Å²) >= 11 is 0. The van der Waals surface area contributed by atoms with Crippen LogP contribution in [0.15, 0.2) is 77.8 Å². The number of pyridine rings is 1. The lowest BCUT2D eigenvalue weighted by Gasteiger charge is -2.07. The maximum Gasteiger partial charge on any atom is 0.260 e. The number of aromatic nitrogens is 3. The molecule has 0 saturated carbocycles. The molecule has 28 heavy (non-hydrogen) atoms. The number of anilines is 1. The van der Waals surface area contributed by atoms with Crippen molar-refractivity contribution < 1.29 is 9.21 Å². The van der Waals surface area contributed by atoms with E-state index in [-0.39, 0.29) is 5.91 Å². The van der Waals surface area contributed by atoms with Gasteiger partial charge in [-0.2, -0.15) is 5.10 Å². The third-order valence-corrected chi connectivity index (χ3v) is 4.73. The molecule has 0 aliphatic carbocycles. The van der Waals surface area contributed by atoms with Crippen molar-refractivity contribution in [1.29, 1.82) is 0 Å². The van der Waals surface area contributed by atoms with E-state index in [1.165, 1.54) is 0 Å². The molecule has 1 amide bonds. The number of nitrogens with zero attached hydrogens (tertiary/aromatic N) is 3. The minimum Gasteiger partial charge on any atom is -0.464 e. The average molecular weight is 368 g/mol. The van der Waals surface area contributed by atoms with E-state index in [4.69, 9.17) is 4.42 Å². The van der Waals surface area contributed by atoms with E-state index >= 15 is 0 Å². The molecule has 5 aromatic rings. The van der Waals surface area contributed by atoms with Crippen LogP contribution in [0.3, 0.4) is 0 Å². The van der Waals surface area contributed by atoms with Crippen LogP contribution in [0.25, 0.3) is 32.9 Å². The minimum absolute atomic E-state index is 0.254. The molecule has 0 atom stereocenters. The van der Waals surface area contributed by atoms with Crippen LogP contribution in [0.1, 0.15) is 10.4 Å². The summed E-state index contributed by atoms with van der Waals surface area (Å²) in [5, 5.41) is 9.97. The molecule has 3 heterocycles. The lowest BCUT2D eigenvalue weighted by Crippen LogP contribution is -2.13. The molecule has 0 unspecified atom stereocenters. The zero-order valence-electron chi connectivity index (χ0n) is 15.1. The molecule has 2 aromatic carbocycles. The highest BCUT2D eigenvalue weighted by Crippen LogP contribution is 2.26. The highest BCUT2D eigenvalue weighted by atomic mass is 16.3. The van der Waals surface area contributed by atoms with Crippen molar-refractivity contribution >= 4 is 33.5 Å². The Kier molecular flexibility index (Phi) is 3.69. The molecule has 5 rings (SSSR count). The van der Waals surface area contributed by atoms with Gasteiger partial charge in [0.1, 0.15) is 11.4 Å². The standard InChI is InChI=1S/C22H16N4O2/c1-26-13-18(12-24-26)15-5-6-16-11-23-20(10-17(16)9-15)25-22(27)19-4-2-3-14-7-8-28-21(14)19/h2-13H,1H3,(H,23,25,27). The number of carbonyl (C=O) groups is 1. The molecule has 0 spiro atoms. The van der Waals surface area contributed by atoms with Gasteiger partial charge in [0.15, 0.2) is 0 Å². The van der Waals surface area contributed by atoms with Crippen molar-refractivity contribution in [3.8, 4) is 11.1 Å². The maximum absolute atomic E-state index is 12.7. The fourth-order valence-electron chi connectivity index (χ4n) is 3.31. The Morgan fingerprint density at radius 2 is 1.93 bits per heavy atom. The Hall–Kier alpha value is -3.93. The van der Waals surface area contributed by atoms with Gasteiger partial charge >= 0.3 is 0 Å². The third kappa shape index (κ3) is 2.81. The number of rotatable bonds is 3. The molecule has 6 nitrogen and oxygen atoms in total. The van der Waals surface area contributed by atoms with Crippen molar-refractivity contribution in [3.63, 3.8) is 0 Å². The lowest BCUT2D eigenvalue weighted by atomic mass is 10.0. The fourth-order valence-corrected chi connectivity index (χ4v) is 3.31. The molecule has 3 aromatic heterocycles. The number of carbonyl (C=O) groups excluding carboxylic acids is 1. The second-order valence-electron chi connectivity index (χ2n) is 6.63. The number of benzene rings is 2. The molecule has 0 radical (unpaired) electrons. The minimum atomic E-state index is -0.254. The number of nitrogens with one attached hydrogen (secondary N) is 1. The number of hydrogen-bond acceptors (Lipinski definition) is 4. The topological polar surface area (TPSA) is 73.0 Å². The van der Waals surface area contributed by atoms with Crippen LogP contribution in [-0.2, 0) is 7.05 Å². The number of furan rings is 1. The second-order valence-corrected chi connectivity index (χ2v) is 6.63. The number of fused-ring (bicyclic) bond motifs is 2. The van der Waals surface area contributed by atoms with E-state index in [1.807, 2.05) is 55.8 Å². The summed E-state index contributed by atoms with van der Waals surface area (Å²) in [6.45, 7) is 0. The van der Waals surface area contributed by atoms with Gasteiger partial charge in [-0.1, -0.05) is 24.3 Å². The predicted octanol–water partition coefficient (Wildman–Crippen LogP) is 4.63. The van der Waals surface area contributed by atoms with Crippen LogP contribution in [0.2, 0.25) is 0 Å². The van der Waals surface area contributed by atoms with Gasteiger partial charge in [0.2, 0.25) is 0 Å². The van der Waals surface area contributed by atoms with Crippen molar-refractivity contribution in [2.75, 3.05) is 5.32 Å². The van der Waals surface area contributed by atoms with Crippen molar-refractivity contribution in [3.05, 3.63) is 78.9 Å². The number of aryl methyl sites for hydroxylation is 1. The van der Waals surface area contributed by atoms with E-state index in [1.54, 1.807) is 23.2 Å². The molecule has 6 heteroatoms. The first-order valence-corrected chi connectivity index (χ1v) is 8.84. The predicted molar refractivity (Wildman–Crippen MR) is 108 cm³/mol. The molecular formula is C22H16N4O2. The van der Waals surface area contributed by atoms with Gasteiger partial charge in [0.25, 0.3) is 5.91 Å². The van der Waals surface area contributed by atoms with Crippen LogP contribution < -0.4 is 5.32 Å². The molecule has 0 aliphatic heterocycles. The Morgan fingerprint density at radius 1 is 1.00 bits per heavy atom. The summed E-state index contributed by atoms with van der Waals surface area (Å²) in [4.78, 5) is 17.1. The van der Waals surface area contributed by atoms with Crippen LogP contribution in [0, 0.1) is 0 Å². The quantitative estimate of drug-likeness (QED) is 0.504. The lowest BCUT2D eigenvalue weighted by molar-refractivity contribution is 0.102. The summed E-state index contributed by atoms with van der Waals surface area (Å²) < 4.78 is 7.23. The van der Waals surface area contributed by atoms with Gasteiger partial charge < -0.3 is 9.73 Å².